The minimum absolute atomic E-state index is 0.0454. The van der Waals surface area contributed by atoms with E-state index in [1.165, 1.54) is 24.3 Å². The van der Waals surface area contributed by atoms with E-state index in [2.05, 4.69) is 10.1 Å². The first-order valence-corrected chi connectivity index (χ1v) is 11.8. The quantitative estimate of drug-likeness (QED) is 0.515. The van der Waals surface area contributed by atoms with Gasteiger partial charge in [0, 0.05) is 0 Å². The molecular formula is C20H18N4O4S2. The number of nitrogens with two attached hydrogens (primary N) is 1. The molecule has 0 bridgehead atoms. The zero-order valence-corrected chi connectivity index (χ0v) is 17.8. The summed E-state index contributed by atoms with van der Waals surface area (Å²) in [6, 6.07) is 12.7. The number of aromatic nitrogens is 3. The molecule has 154 valence electrons. The number of nitrogen functional groups attached to an aromatic ring is 1. The molecule has 0 radical (unpaired) electrons. The Morgan fingerprint density at radius 1 is 0.733 bits per heavy atom. The monoisotopic (exact) mass is 442 g/mol. The van der Waals surface area contributed by atoms with Crippen molar-refractivity contribution < 1.29 is 16.8 Å². The van der Waals surface area contributed by atoms with Gasteiger partial charge >= 0.3 is 0 Å². The Bertz CT molecular complexity index is 1470. The summed E-state index contributed by atoms with van der Waals surface area (Å²) in [5.74, 6) is -0.217. The lowest BCUT2D eigenvalue weighted by Gasteiger charge is -2.09. The number of rotatable bonds is 4. The second-order valence-electron chi connectivity index (χ2n) is 6.88. The Hall–Kier alpha value is -3.24. The van der Waals surface area contributed by atoms with Crippen LogP contribution in [0, 0.1) is 13.8 Å². The summed E-state index contributed by atoms with van der Waals surface area (Å²) in [4.78, 5) is 3.82. The molecule has 0 amide bonds. The average molecular weight is 443 g/mol. The van der Waals surface area contributed by atoms with Crippen LogP contribution >= 0.6 is 0 Å². The average Bonchev–Trinajstić information content (AvgIpc) is 3.15. The van der Waals surface area contributed by atoms with Gasteiger partial charge in [-0.05, 0) is 38.1 Å². The van der Waals surface area contributed by atoms with Gasteiger partial charge in [0.2, 0.25) is 19.7 Å². The van der Waals surface area contributed by atoms with Gasteiger partial charge in [-0.1, -0.05) is 35.4 Å². The van der Waals surface area contributed by atoms with E-state index in [1.54, 1.807) is 24.3 Å². The molecule has 0 unspecified atom stereocenters. The van der Waals surface area contributed by atoms with Crippen molar-refractivity contribution in [3.05, 3.63) is 72.1 Å². The van der Waals surface area contributed by atoms with Gasteiger partial charge in [0.25, 0.3) is 0 Å². The summed E-state index contributed by atoms with van der Waals surface area (Å²) in [6.07, 6.45) is 2.19. The largest absolute Gasteiger partial charge is 0.382 e. The molecule has 0 saturated carbocycles. The predicted molar refractivity (Wildman–Crippen MR) is 111 cm³/mol. The number of sulfone groups is 2. The highest BCUT2D eigenvalue weighted by Gasteiger charge is 2.28. The van der Waals surface area contributed by atoms with Crippen molar-refractivity contribution in [1.82, 2.24) is 14.6 Å². The zero-order chi connectivity index (χ0) is 21.7. The van der Waals surface area contributed by atoms with Crippen LogP contribution in [0.25, 0.3) is 5.65 Å². The molecule has 2 aromatic heterocycles. The molecule has 0 atom stereocenters. The fourth-order valence-corrected chi connectivity index (χ4v) is 5.61. The summed E-state index contributed by atoms with van der Waals surface area (Å²) in [6.45, 7) is 3.70. The molecule has 2 aromatic carbocycles. The van der Waals surface area contributed by atoms with Gasteiger partial charge in [0.1, 0.15) is 15.6 Å². The molecule has 8 nitrogen and oxygen atoms in total. The van der Waals surface area contributed by atoms with Gasteiger partial charge in [0.15, 0.2) is 5.65 Å². The smallest absolute Gasteiger partial charge is 0.211 e. The number of nitrogens with zero attached hydrogens (tertiary/aromatic N) is 3. The molecule has 0 aliphatic carbocycles. The number of hydrogen-bond donors (Lipinski definition) is 1. The lowest BCUT2D eigenvalue weighted by molar-refractivity contribution is 0.594. The Kier molecular flexibility index (Phi) is 4.63. The van der Waals surface area contributed by atoms with E-state index in [0.29, 0.717) is 0 Å². The van der Waals surface area contributed by atoms with Crippen molar-refractivity contribution in [2.24, 2.45) is 0 Å². The summed E-state index contributed by atoms with van der Waals surface area (Å²) in [5.41, 5.74) is 7.86. The maximum absolute atomic E-state index is 13.0. The molecule has 30 heavy (non-hydrogen) atoms. The Morgan fingerprint density at radius 3 is 1.70 bits per heavy atom. The highest BCUT2D eigenvalue weighted by atomic mass is 32.2. The SMILES string of the molecule is Cc1ccc(S(=O)(=O)c2cnc3c(S(=O)(=O)c4ccc(C)cc4)cnn3c2N)cc1. The van der Waals surface area contributed by atoms with Crippen molar-refractivity contribution in [1.29, 1.82) is 0 Å². The molecule has 2 heterocycles. The molecular weight excluding hydrogens is 424 g/mol. The topological polar surface area (TPSA) is 124 Å². The van der Waals surface area contributed by atoms with Crippen molar-refractivity contribution in [2.75, 3.05) is 5.73 Å². The van der Waals surface area contributed by atoms with Gasteiger partial charge in [-0.2, -0.15) is 9.61 Å². The van der Waals surface area contributed by atoms with Crippen LogP contribution in [0.5, 0.6) is 0 Å². The van der Waals surface area contributed by atoms with Crippen molar-refractivity contribution in [2.45, 2.75) is 33.4 Å². The number of benzene rings is 2. The van der Waals surface area contributed by atoms with E-state index >= 15 is 0 Å². The number of hydrogen-bond acceptors (Lipinski definition) is 7. The normalized spacial score (nSPS) is 12.3. The summed E-state index contributed by atoms with van der Waals surface area (Å²) < 4.78 is 53.0. The minimum atomic E-state index is -3.96. The Balaban J connectivity index is 1.86. The lowest BCUT2D eigenvalue weighted by Crippen LogP contribution is -2.11. The molecule has 10 heteroatoms. The molecule has 0 spiro atoms. The van der Waals surface area contributed by atoms with E-state index in [-0.39, 0.29) is 31.0 Å². The summed E-state index contributed by atoms with van der Waals surface area (Å²) >= 11 is 0. The molecule has 4 rings (SSSR count). The molecule has 0 saturated heterocycles. The van der Waals surface area contributed by atoms with Crippen LogP contribution in [0.3, 0.4) is 0 Å². The van der Waals surface area contributed by atoms with Crippen LogP contribution in [-0.4, -0.2) is 31.4 Å². The van der Waals surface area contributed by atoms with Crippen LogP contribution in [0.1, 0.15) is 11.1 Å². The zero-order valence-electron chi connectivity index (χ0n) is 16.1. The molecule has 2 N–H and O–H groups in total. The van der Waals surface area contributed by atoms with E-state index in [1.807, 2.05) is 13.8 Å². The first-order valence-electron chi connectivity index (χ1n) is 8.88. The van der Waals surface area contributed by atoms with Gasteiger partial charge < -0.3 is 5.73 Å². The maximum atomic E-state index is 13.0. The van der Waals surface area contributed by atoms with Crippen molar-refractivity contribution >= 4 is 31.1 Å². The van der Waals surface area contributed by atoms with Crippen LogP contribution in [-0.2, 0) is 19.7 Å². The fraction of sp³-hybridized carbons (Fsp3) is 0.100. The Labute approximate surface area is 173 Å². The first-order chi connectivity index (χ1) is 14.1. The molecule has 0 fully saturated rings. The highest BCUT2D eigenvalue weighted by Crippen LogP contribution is 2.29. The fourth-order valence-electron chi connectivity index (χ4n) is 3.00. The van der Waals surface area contributed by atoms with E-state index in [9.17, 15) is 16.8 Å². The minimum Gasteiger partial charge on any atom is -0.382 e. The summed E-state index contributed by atoms with van der Waals surface area (Å²) in [7, 11) is -7.87. The second kappa shape index (κ2) is 6.92. The second-order valence-corrected chi connectivity index (χ2v) is 10.7. The third-order valence-electron chi connectivity index (χ3n) is 4.74. The van der Waals surface area contributed by atoms with E-state index in [4.69, 9.17) is 5.73 Å². The number of anilines is 1. The van der Waals surface area contributed by atoms with Gasteiger partial charge in [-0.3, -0.25) is 0 Å². The molecule has 4 aromatic rings. The van der Waals surface area contributed by atoms with E-state index < -0.39 is 19.7 Å². The van der Waals surface area contributed by atoms with Crippen molar-refractivity contribution in [3.63, 3.8) is 0 Å². The van der Waals surface area contributed by atoms with Crippen LogP contribution in [0.15, 0.2) is 80.5 Å². The standard InChI is InChI=1S/C20H18N4O4S2/c1-13-3-7-15(8-4-13)29(25,26)17-11-22-20-18(12-23-24(20)19(17)21)30(27,28)16-9-5-14(2)6-10-16/h3-12H,21H2,1-2H3. The Morgan fingerprint density at radius 2 is 1.20 bits per heavy atom. The summed E-state index contributed by atoms with van der Waals surface area (Å²) in [5, 5.41) is 4.00. The van der Waals surface area contributed by atoms with E-state index in [0.717, 1.165) is 28.0 Å². The predicted octanol–water partition coefficient (Wildman–Crippen LogP) is 2.59. The number of aryl methyl sites for hydroxylation is 2. The van der Waals surface area contributed by atoms with Crippen LogP contribution in [0.4, 0.5) is 5.82 Å². The maximum Gasteiger partial charge on any atom is 0.211 e. The van der Waals surface area contributed by atoms with Gasteiger partial charge in [0.05, 0.1) is 22.2 Å². The third-order valence-corrected chi connectivity index (χ3v) is 8.28. The van der Waals surface area contributed by atoms with Crippen LogP contribution in [0.2, 0.25) is 0 Å². The third kappa shape index (κ3) is 3.14. The highest BCUT2D eigenvalue weighted by molar-refractivity contribution is 7.92. The molecule has 0 aliphatic heterocycles. The number of fused-ring (bicyclic) bond motifs is 1. The molecule has 0 aliphatic rings. The van der Waals surface area contributed by atoms with Crippen LogP contribution < -0.4 is 5.73 Å². The lowest BCUT2D eigenvalue weighted by atomic mass is 10.2. The van der Waals surface area contributed by atoms with Crippen molar-refractivity contribution in [3.8, 4) is 0 Å². The van der Waals surface area contributed by atoms with Gasteiger partial charge in [-0.25, -0.2) is 21.8 Å². The van der Waals surface area contributed by atoms with Gasteiger partial charge in [-0.15, -0.1) is 0 Å². The first kappa shape index (κ1) is 20.0.